The molecule has 1 fully saturated rings. The number of aromatic nitrogens is 1. The van der Waals surface area contributed by atoms with Gasteiger partial charge >= 0.3 is 0 Å². The van der Waals surface area contributed by atoms with Gasteiger partial charge in [0.05, 0.1) is 17.2 Å². The standard InChI is InChI=1S/C16H20Br2N2O/c1-2-3-11-4-6-16(10-19,7-5-11)15(21)14-13(18)8-12(17)9-20-14/h8-9,11,15,21H,2-7H2,1H3. The van der Waals surface area contributed by atoms with Gasteiger partial charge in [0, 0.05) is 15.1 Å². The number of hydrogen-bond donors (Lipinski definition) is 1. The molecule has 1 unspecified atom stereocenters. The predicted octanol–water partition coefficient (Wildman–Crippen LogP) is 5.14. The summed E-state index contributed by atoms with van der Waals surface area (Å²) >= 11 is 6.80. The number of nitriles is 1. The number of hydrogen-bond acceptors (Lipinski definition) is 3. The maximum absolute atomic E-state index is 10.8. The average molecular weight is 416 g/mol. The van der Waals surface area contributed by atoms with E-state index in [0.29, 0.717) is 11.6 Å². The van der Waals surface area contributed by atoms with Crippen LogP contribution in [-0.2, 0) is 0 Å². The summed E-state index contributed by atoms with van der Waals surface area (Å²) in [5.41, 5.74) is -0.137. The molecule has 0 aromatic carbocycles. The third kappa shape index (κ3) is 3.67. The van der Waals surface area contributed by atoms with E-state index in [9.17, 15) is 10.4 Å². The fourth-order valence-corrected chi connectivity index (χ4v) is 4.43. The lowest BCUT2D eigenvalue weighted by Crippen LogP contribution is -2.33. The van der Waals surface area contributed by atoms with Gasteiger partial charge in [-0.25, -0.2) is 0 Å². The summed E-state index contributed by atoms with van der Waals surface area (Å²) in [5, 5.41) is 20.4. The van der Waals surface area contributed by atoms with Crippen LogP contribution >= 0.6 is 31.9 Å². The van der Waals surface area contributed by atoms with Crippen molar-refractivity contribution in [2.24, 2.45) is 11.3 Å². The van der Waals surface area contributed by atoms with E-state index in [-0.39, 0.29) is 0 Å². The first kappa shape index (κ1) is 16.9. The molecule has 21 heavy (non-hydrogen) atoms. The van der Waals surface area contributed by atoms with Gasteiger partial charge in [-0.3, -0.25) is 4.98 Å². The normalized spacial score (nSPS) is 27.1. The van der Waals surface area contributed by atoms with E-state index in [0.717, 1.165) is 34.6 Å². The van der Waals surface area contributed by atoms with Crippen molar-refractivity contribution in [1.82, 2.24) is 4.98 Å². The fraction of sp³-hybridized carbons (Fsp3) is 0.625. The lowest BCUT2D eigenvalue weighted by molar-refractivity contribution is 0.0202. The second-order valence-corrected chi connectivity index (χ2v) is 7.69. The Labute approximate surface area is 143 Å². The molecule has 2 rings (SSSR count). The maximum Gasteiger partial charge on any atom is 0.116 e. The first-order valence-electron chi connectivity index (χ1n) is 7.42. The number of nitrogens with zero attached hydrogens (tertiary/aromatic N) is 2. The van der Waals surface area contributed by atoms with Gasteiger partial charge in [-0.05, 0) is 69.5 Å². The molecule has 1 N–H and O–H groups in total. The number of rotatable bonds is 4. The van der Waals surface area contributed by atoms with Crippen LogP contribution < -0.4 is 0 Å². The van der Waals surface area contributed by atoms with Gasteiger partial charge in [-0.15, -0.1) is 0 Å². The summed E-state index contributed by atoms with van der Waals surface area (Å²) in [6.45, 7) is 2.20. The molecule has 1 aliphatic rings. The molecular weight excluding hydrogens is 396 g/mol. The zero-order valence-electron chi connectivity index (χ0n) is 12.1. The highest BCUT2D eigenvalue weighted by Gasteiger charge is 2.43. The molecule has 0 aliphatic heterocycles. The summed E-state index contributed by atoms with van der Waals surface area (Å²) in [5.74, 6) is 0.699. The van der Waals surface area contributed by atoms with Crippen LogP contribution in [0, 0.1) is 22.7 Å². The molecule has 1 heterocycles. The molecule has 0 radical (unpaired) electrons. The molecule has 1 saturated carbocycles. The molecule has 0 bridgehead atoms. The van der Waals surface area contributed by atoms with Crippen molar-refractivity contribution in [3.05, 3.63) is 26.9 Å². The largest absolute Gasteiger partial charge is 0.385 e. The highest BCUT2D eigenvalue weighted by Crippen LogP contribution is 2.48. The van der Waals surface area contributed by atoms with Crippen LogP contribution in [0.2, 0.25) is 0 Å². The van der Waals surface area contributed by atoms with E-state index in [4.69, 9.17) is 0 Å². The van der Waals surface area contributed by atoms with Gasteiger partial charge in [0.25, 0.3) is 0 Å². The minimum atomic E-state index is -0.840. The lowest BCUT2D eigenvalue weighted by Gasteiger charge is -2.38. The van der Waals surface area contributed by atoms with Crippen LogP contribution in [0.4, 0.5) is 0 Å². The van der Waals surface area contributed by atoms with Crippen LogP contribution in [0.3, 0.4) is 0 Å². The SMILES string of the molecule is CCCC1CCC(C#N)(C(O)c2ncc(Br)cc2Br)CC1. The number of pyridine rings is 1. The number of halogens is 2. The van der Waals surface area contributed by atoms with Crippen LogP contribution in [0.25, 0.3) is 0 Å². The Balaban J connectivity index is 2.20. The Morgan fingerprint density at radius 2 is 2.14 bits per heavy atom. The van der Waals surface area contributed by atoms with E-state index in [2.05, 4.69) is 49.8 Å². The molecule has 1 aromatic rings. The summed E-state index contributed by atoms with van der Waals surface area (Å²) < 4.78 is 1.60. The molecule has 0 spiro atoms. The fourth-order valence-electron chi connectivity index (χ4n) is 3.22. The molecule has 0 amide bonds. The van der Waals surface area contributed by atoms with Gasteiger partial charge in [-0.1, -0.05) is 19.8 Å². The van der Waals surface area contributed by atoms with Crippen molar-refractivity contribution in [3.63, 3.8) is 0 Å². The smallest absolute Gasteiger partial charge is 0.116 e. The van der Waals surface area contributed by atoms with Crippen molar-refractivity contribution >= 4 is 31.9 Å². The number of aliphatic hydroxyl groups is 1. The highest BCUT2D eigenvalue weighted by molar-refractivity contribution is 9.11. The number of aliphatic hydroxyl groups excluding tert-OH is 1. The van der Waals surface area contributed by atoms with Gasteiger partial charge in [0.1, 0.15) is 6.10 Å². The zero-order valence-corrected chi connectivity index (χ0v) is 15.3. The van der Waals surface area contributed by atoms with Crippen molar-refractivity contribution in [2.45, 2.75) is 51.6 Å². The Morgan fingerprint density at radius 1 is 1.48 bits per heavy atom. The molecule has 3 nitrogen and oxygen atoms in total. The van der Waals surface area contributed by atoms with Crippen LogP contribution in [0.15, 0.2) is 21.2 Å². The Bertz CT molecular complexity index is 534. The summed E-state index contributed by atoms with van der Waals surface area (Å²) in [7, 11) is 0. The second kappa shape index (κ2) is 7.21. The molecule has 1 atom stereocenters. The molecule has 5 heteroatoms. The molecule has 114 valence electrons. The Morgan fingerprint density at radius 3 is 2.67 bits per heavy atom. The first-order chi connectivity index (χ1) is 10.0. The van der Waals surface area contributed by atoms with Gasteiger partial charge < -0.3 is 5.11 Å². The highest BCUT2D eigenvalue weighted by atomic mass is 79.9. The summed E-state index contributed by atoms with van der Waals surface area (Å²) in [6, 6.07) is 4.26. The molecule has 1 aromatic heterocycles. The topological polar surface area (TPSA) is 56.9 Å². The maximum atomic E-state index is 10.8. The van der Waals surface area contributed by atoms with E-state index >= 15 is 0 Å². The average Bonchev–Trinajstić information content (AvgIpc) is 2.48. The van der Waals surface area contributed by atoms with Crippen molar-refractivity contribution in [1.29, 1.82) is 5.26 Å². The van der Waals surface area contributed by atoms with Crippen LogP contribution in [0.5, 0.6) is 0 Å². The summed E-state index contributed by atoms with van der Waals surface area (Å²) in [6.07, 6.45) is 6.77. The third-order valence-corrected chi connectivity index (χ3v) is 5.60. The van der Waals surface area contributed by atoms with Crippen molar-refractivity contribution < 1.29 is 5.11 Å². The minimum absolute atomic E-state index is 0.564. The van der Waals surface area contributed by atoms with Crippen molar-refractivity contribution in [2.75, 3.05) is 0 Å². The lowest BCUT2D eigenvalue weighted by atomic mass is 9.66. The van der Waals surface area contributed by atoms with Crippen LogP contribution in [0.1, 0.15) is 57.2 Å². The van der Waals surface area contributed by atoms with Crippen molar-refractivity contribution in [3.8, 4) is 6.07 Å². The Kier molecular flexibility index (Phi) is 5.81. The minimum Gasteiger partial charge on any atom is -0.385 e. The predicted molar refractivity (Wildman–Crippen MR) is 89.5 cm³/mol. The van der Waals surface area contributed by atoms with E-state index in [1.165, 1.54) is 12.8 Å². The molecule has 0 saturated heterocycles. The third-order valence-electron chi connectivity index (χ3n) is 4.54. The quantitative estimate of drug-likeness (QED) is 0.740. The Hall–Kier alpha value is -0.440. The summed E-state index contributed by atoms with van der Waals surface area (Å²) in [4.78, 5) is 4.31. The molecule has 1 aliphatic carbocycles. The second-order valence-electron chi connectivity index (χ2n) is 5.92. The first-order valence-corrected chi connectivity index (χ1v) is 9.01. The van der Waals surface area contributed by atoms with Gasteiger partial charge in [0.15, 0.2) is 0 Å². The van der Waals surface area contributed by atoms with E-state index in [1.54, 1.807) is 6.20 Å². The van der Waals surface area contributed by atoms with Gasteiger partial charge in [-0.2, -0.15) is 5.26 Å². The monoisotopic (exact) mass is 414 g/mol. The van der Waals surface area contributed by atoms with Gasteiger partial charge in [0.2, 0.25) is 0 Å². The zero-order chi connectivity index (χ0) is 15.5. The van der Waals surface area contributed by atoms with E-state index < -0.39 is 11.5 Å². The van der Waals surface area contributed by atoms with Crippen LogP contribution in [-0.4, -0.2) is 10.1 Å². The molecular formula is C16H20Br2N2O. The van der Waals surface area contributed by atoms with E-state index in [1.807, 2.05) is 6.07 Å².